The third kappa shape index (κ3) is 4.55. The lowest BCUT2D eigenvalue weighted by Gasteiger charge is -2.03. The summed E-state index contributed by atoms with van der Waals surface area (Å²) < 4.78 is 1.73. The zero-order valence-corrected chi connectivity index (χ0v) is 14.4. The smallest absolute Gasteiger partial charge is 0.244 e. The highest BCUT2D eigenvalue weighted by Gasteiger charge is 2.03. The molecule has 0 unspecified atom stereocenters. The molecular formula is C19H17ClN4O. The minimum atomic E-state index is -0.184. The van der Waals surface area contributed by atoms with E-state index in [-0.39, 0.29) is 5.91 Å². The first-order chi connectivity index (χ1) is 12.1. The summed E-state index contributed by atoms with van der Waals surface area (Å²) in [5.74, 6) is -0.184. The Kier molecular flexibility index (Phi) is 5.26. The number of amides is 1. The number of pyridine rings is 1. The van der Waals surface area contributed by atoms with Gasteiger partial charge in [0.05, 0.1) is 11.9 Å². The van der Waals surface area contributed by atoms with Gasteiger partial charge in [0, 0.05) is 42.6 Å². The Morgan fingerprint density at radius 1 is 1.24 bits per heavy atom. The minimum absolute atomic E-state index is 0.184. The summed E-state index contributed by atoms with van der Waals surface area (Å²) in [5, 5.41) is 7.57. The average Bonchev–Trinajstić information content (AvgIpc) is 3.06. The maximum atomic E-state index is 11.9. The second-order valence-corrected chi connectivity index (χ2v) is 5.93. The predicted molar refractivity (Wildman–Crippen MR) is 98.8 cm³/mol. The fourth-order valence-electron chi connectivity index (χ4n) is 2.28. The molecule has 0 aliphatic rings. The Hall–Kier alpha value is -2.92. The summed E-state index contributed by atoms with van der Waals surface area (Å²) >= 11 is 6.05. The molecular weight excluding hydrogens is 336 g/mol. The third-order valence-electron chi connectivity index (χ3n) is 3.61. The number of hydrogen-bond acceptors (Lipinski definition) is 3. The Morgan fingerprint density at radius 2 is 2.08 bits per heavy atom. The zero-order valence-electron chi connectivity index (χ0n) is 13.7. The molecule has 3 aromatic rings. The van der Waals surface area contributed by atoms with Crippen LogP contribution >= 0.6 is 11.6 Å². The lowest BCUT2D eigenvalue weighted by atomic mass is 10.2. The molecule has 3 rings (SSSR count). The lowest BCUT2D eigenvalue weighted by molar-refractivity contribution is -0.116. The summed E-state index contributed by atoms with van der Waals surface area (Å²) in [6.45, 7) is 0.409. The van der Waals surface area contributed by atoms with E-state index in [0.717, 1.165) is 22.4 Å². The van der Waals surface area contributed by atoms with Gasteiger partial charge in [-0.25, -0.2) is 0 Å². The molecule has 25 heavy (non-hydrogen) atoms. The molecule has 126 valence electrons. The van der Waals surface area contributed by atoms with Crippen LogP contribution in [0, 0.1) is 0 Å². The molecule has 0 saturated heterocycles. The van der Waals surface area contributed by atoms with Crippen molar-refractivity contribution < 1.29 is 4.79 Å². The van der Waals surface area contributed by atoms with Crippen LogP contribution < -0.4 is 5.32 Å². The van der Waals surface area contributed by atoms with Gasteiger partial charge in [-0.05, 0) is 29.3 Å². The van der Waals surface area contributed by atoms with Gasteiger partial charge in [0.2, 0.25) is 5.91 Å². The van der Waals surface area contributed by atoms with Crippen LogP contribution in [0.5, 0.6) is 0 Å². The minimum Gasteiger partial charge on any atom is -0.348 e. The monoisotopic (exact) mass is 352 g/mol. The molecule has 0 radical (unpaired) electrons. The Balaban J connectivity index is 1.56. The van der Waals surface area contributed by atoms with Crippen LogP contribution in [-0.2, 0) is 18.4 Å². The first-order valence-corrected chi connectivity index (χ1v) is 8.14. The molecule has 0 saturated carbocycles. The largest absolute Gasteiger partial charge is 0.348 e. The van der Waals surface area contributed by atoms with Crippen molar-refractivity contribution in [1.29, 1.82) is 0 Å². The quantitative estimate of drug-likeness (QED) is 0.715. The van der Waals surface area contributed by atoms with Crippen molar-refractivity contribution in [1.82, 2.24) is 20.1 Å². The standard InChI is InChI=1S/C19H17ClN4O/c1-24-13-16(12-23-24)18-8-6-14(10-21-18)11-22-19(25)9-7-15-4-2-3-5-17(15)20/h2-10,12-13H,11H2,1H3,(H,22,25). The molecule has 0 fully saturated rings. The number of halogens is 1. The van der Waals surface area contributed by atoms with Crippen LogP contribution in [0.1, 0.15) is 11.1 Å². The second-order valence-electron chi connectivity index (χ2n) is 5.53. The van der Waals surface area contributed by atoms with E-state index in [1.807, 2.05) is 43.6 Å². The van der Waals surface area contributed by atoms with E-state index in [1.165, 1.54) is 6.08 Å². The summed E-state index contributed by atoms with van der Waals surface area (Å²) in [4.78, 5) is 16.3. The predicted octanol–water partition coefficient (Wildman–Crippen LogP) is 3.47. The number of rotatable bonds is 5. The molecule has 1 amide bonds. The van der Waals surface area contributed by atoms with E-state index in [1.54, 1.807) is 29.2 Å². The van der Waals surface area contributed by atoms with Gasteiger partial charge in [-0.15, -0.1) is 0 Å². The van der Waals surface area contributed by atoms with Crippen LogP contribution in [-0.4, -0.2) is 20.7 Å². The molecule has 0 bridgehead atoms. The number of aromatic nitrogens is 3. The molecule has 0 spiro atoms. The van der Waals surface area contributed by atoms with Gasteiger partial charge in [0.25, 0.3) is 0 Å². The van der Waals surface area contributed by atoms with Gasteiger partial charge in [-0.1, -0.05) is 35.9 Å². The maximum absolute atomic E-state index is 11.9. The Labute approximate surface area is 151 Å². The van der Waals surface area contributed by atoms with Crippen LogP contribution in [0.15, 0.2) is 61.1 Å². The van der Waals surface area contributed by atoms with Crippen molar-refractivity contribution in [3.63, 3.8) is 0 Å². The van der Waals surface area contributed by atoms with Crippen molar-refractivity contribution in [3.05, 3.63) is 77.2 Å². The molecule has 2 aromatic heterocycles. The maximum Gasteiger partial charge on any atom is 0.244 e. The molecule has 0 aliphatic carbocycles. The fraction of sp³-hybridized carbons (Fsp3) is 0.105. The molecule has 5 nitrogen and oxygen atoms in total. The highest BCUT2D eigenvalue weighted by Crippen LogP contribution is 2.16. The van der Waals surface area contributed by atoms with Gasteiger partial charge < -0.3 is 5.32 Å². The van der Waals surface area contributed by atoms with Crippen LogP contribution in [0.3, 0.4) is 0 Å². The molecule has 2 heterocycles. The number of carbonyl (C=O) groups excluding carboxylic acids is 1. The summed E-state index contributed by atoms with van der Waals surface area (Å²) in [7, 11) is 1.86. The van der Waals surface area contributed by atoms with Crippen molar-refractivity contribution in [3.8, 4) is 11.3 Å². The number of aryl methyl sites for hydroxylation is 1. The average molecular weight is 353 g/mol. The number of hydrogen-bond donors (Lipinski definition) is 1. The van der Waals surface area contributed by atoms with Crippen molar-refractivity contribution in [2.45, 2.75) is 6.54 Å². The number of benzene rings is 1. The van der Waals surface area contributed by atoms with E-state index in [4.69, 9.17) is 11.6 Å². The molecule has 0 aliphatic heterocycles. The van der Waals surface area contributed by atoms with Gasteiger partial charge in [0.1, 0.15) is 0 Å². The number of nitrogens with zero attached hydrogens (tertiary/aromatic N) is 3. The first kappa shape index (κ1) is 16.9. The summed E-state index contributed by atoms with van der Waals surface area (Å²) in [5.41, 5.74) is 3.54. The Morgan fingerprint density at radius 3 is 2.76 bits per heavy atom. The zero-order chi connectivity index (χ0) is 17.6. The van der Waals surface area contributed by atoms with E-state index >= 15 is 0 Å². The van der Waals surface area contributed by atoms with Gasteiger partial charge in [-0.2, -0.15) is 5.10 Å². The fourth-order valence-corrected chi connectivity index (χ4v) is 2.48. The first-order valence-electron chi connectivity index (χ1n) is 7.76. The van der Waals surface area contributed by atoms with Gasteiger partial charge >= 0.3 is 0 Å². The van der Waals surface area contributed by atoms with Gasteiger partial charge in [0.15, 0.2) is 0 Å². The Bertz CT molecular complexity index is 900. The van der Waals surface area contributed by atoms with Crippen LogP contribution in [0.4, 0.5) is 0 Å². The van der Waals surface area contributed by atoms with Crippen molar-refractivity contribution in [2.75, 3.05) is 0 Å². The second kappa shape index (κ2) is 7.77. The van der Waals surface area contributed by atoms with Crippen molar-refractivity contribution in [2.24, 2.45) is 7.05 Å². The normalized spacial score (nSPS) is 11.0. The lowest BCUT2D eigenvalue weighted by Crippen LogP contribution is -2.20. The topological polar surface area (TPSA) is 59.8 Å². The SMILES string of the molecule is Cn1cc(-c2ccc(CNC(=O)C=Cc3ccccc3Cl)cn2)cn1. The van der Waals surface area contributed by atoms with Crippen LogP contribution in [0.25, 0.3) is 17.3 Å². The van der Waals surface area contributed by atoms with E-state index in [2.05, 4.69) is 15.4 Å². The van der Waals surface area contributed by atoms with E-state index in [9.17, 15) is 4.79 Å². The van der Waals surface area contributed by atoms with E-state index < -0.39 is 0 Å². The highest BCUT2D eigenvalue weighted by molar-refractivity contribution is 6.32. The number of nitrogens with one attached hydrogen (secondary N) is 1. The van der Waals surface area contributed by atoms with Crippen molar-refractivity contribution >= 4 is 23.6 Å². The number of carbonyl (C=O) groups is 1. The molecule has 1 aromatic carbocycles. The summed E-state index contributed by atoms with van der Waals surface area (Å²) in [6, 6.07) is 11.2. The van der Waals surface area contributed by atoms with Crippen LogP contribution in [0.2, 0.25) is 5.02 Å². The summed E-state index contributed by atoms with van der Waals surface area (Å²) in [6.07, 6.45) is 8.59. The molecule has 1 N–H and O–H groups in total. The third-order valence-corrected chi connectivity index (χ3v) is 3.96. The van der Waals surface area contributed by atoms with E-state index in [0.29, 0.717) is 11.6 Å². The highest BCUT2D eigenvalue weighted by atomic mass is 35.5. The molecule has 0 atom stereocenters. The van der Waals surface area contributed by atoms with Gasteiger partial charge in [-0.3, -0.25) is 14.5 Å². The molecule has 6 heteroatoms.